The van der Waals surface area contributed by atoms with Gasteiger partial charge in [0.2, 0.25) is 0 Å². The molecule has 0 aliphatic rings. The van der Waals surface area contributed by atoms with E-state index < -0.39 is 6.10 Å². The average molecular weight is 1130 g/mol. The second-order valence-corrected chi connectivity index (χ2v) is 23.8. The molecule has 1 unspecified atom stereocenters. The van der Waals surface area contributed by atoms with Gasteiger partial charge in [0.05, 0.1) is 0 Å². The number of rotatable bonds is 65. The molecular weight excluding hydrogens is 997 g/mol. The molecule has 0 radical (unpaired) electrons. The number of hydrogen-bond donors (Lipinski definition) is 0. The van der Waals surface area contributed by atoms with Crippen LogP contribution in [0.2, 0.25) is 0 Å². The van der Waals surface area contributed by atoms with E-state index in [1.165, 1.54) is 212 Å². The molecule has 1 atom stereocenters. The van der Waals surface area contributed by atoms with Gasteiger partial charge in [-0.1, -0.05) is 338 Å². The molecule has 0 fully saturated rings. The van der Waals surface area contributed by atoms with Crippen LogP contribution < -0.4 is 0 Å². The first-order chi connectivity index (χ1) is 40.0. The summed E-state index contributed by atoms with van der Waals surface area (Å²) in [6, 6.07) is 0. The van der Waals surface area contributed by atoms with Crippen LogP contribution >= 0.6 is 0 Å². The van der Waals surface area contributed by atoms with Gasteiger partial charge < -0.3 is 14.2 Å². The Labute approximate surface area is 503 Å². The molecule has 6 nitrogen and oxygen atoms in total. The fourth-order valence-electron chi connectivity index (χ4n) is 10.4. The van der Waals surface area contributed by atoms with Crippen LogP contribution in [0.25, 0.3) is 0 Å². The molecule has 0 N–H and O–H groups in total. The molecule has 0 aliphatic carbocycles. The molecule has 0 heterocycles. The first kappa shape index (κ1) is 77.9. The summed E-state index contributed by atoms with van der Waals surface area (Å²) in [6.07, 6.45) is 90.9. The number of carbonyl (C=O) groups is 3. The van der Waals surface area contributed by atoms with E-state index in [4.69, 9.17) is 14.2 Å². The average Bonchev–Trinajstić information content (AvgIpc) is 3.47. The zero-order valence-corrected chi connectivity index (χ0v) is 54.1. The minimum Gasteiger partial charge on any atom is -0.462 e. The van der Waals surface area contributed by atoms with Crippen LogP contribution in [0.3, 0.4) is 0 Å². The van der Waals surface area contributed by atoms with E-state index in [1.54, 1.807) is 0 Å². The van der Waals surface area contributed by atoms with Gasteiger partial charge in [-0.2, -0.15) is 0 Å². The molecule has 0 rings (SSSR count). The summed E-state index contributed by atoms with van der Waals surface area (Å²) in [7, 11) is 0. The number of allylic oxidation sites excluding steroid dienone is 12. The van der Waals surface area contributed by atoms with E-state index in [0.717, 1.165) is 116 Å². The third-order valence-corrected chi connectivity index (χ3v) is 15.7. The fourth-order valence-corrected chi connectivity index (χ4v) is 10.4. The summed E-state index contributed by atoms with van der Waals surface area (Å²) < 4.78 is 17.0. The summed E-state index contributed by atoms with van der Waals surface area (Å²) in [5.41, 5.74) is 0. The largest absolute Gasteiger partial charge is 0.462 e. The predicted octanol–water partition coefficient (Wildman–Crippen LogP) is 24.4. The molecule has 0 aromatic rings. The monoisotopic (exact) mass is 1130 g/mol. The normalized spacial score (nSPS) is 12.5. The van der Waals surface area contributed by atoms with Crippen molar-refractivity contribution in [2.45, 2.75) is 374 Å². The highest BCUT2D eigenvalue weighted by Gasteiger charge is 2.19. The molecule has 6 heteroatoms. The summed E-state index contributed by atoms with van der Waals surface area (Å²) in [6.45, 7) is 6.52. The van der Waals surface area contributed by atoms with Gasteiger partial charge in [0.1, 0.15) is 13.2 Å². The first-order valence-electron chi connectivity index (χ1n) is 35.4. The van der Waals surface area contributed by atoms with Crippen molar-refractivity contribution < 1.29 is 28.6 Å². The highest BCUT2D eigenvalue weighted by atomic mass is 16.6. The molecular formula is C75H134O6. The van der Waals surface area contributed by atoms with Gasteiger partial charge in [0.15, 0.2) is 6.10 Å². The highest BCUT2D eigenvalue weighted by Crippen LogP contribution is 2.18. The standard InChI is InChI=1S/C75H134O6/c1-4-7-10-13-16-19-22-25-28-30-32-33-34-35-36-37-38-39-40-41-42-44-45-47-50-53-56-59-62-65-68-74(77)80-71-72(70-79-73(76)67-64-61-58-55-52-49-27-24-21-18-15-12-9-6-3)81-75(78)69-66-63-60-57-54-51-48-46-43-31-29-26-23-20-17-14-11-8-5-2/h8,11,15,17-18,20,24,26-27,29,43,46,72H,4-7,9-10,12-14,16,19,21-23,25,28,30-42,44-45,47-71H2,1-3H3/b11-8-,18-15-,20-17-,27-24-,29-26-,46-43-. The molecule has 0 saturated heterocycles. The Bertz CT molecular complexity index is 1490. The van der Waals surface area contributed by atoms with E-state index in [-0.39, 0.29) is 31.1 Å². The maximum atomic E-state index is 12.9. The maximum absolute atomic E-state index is 12.9. The van der Waals surface area contributed by atoms with Crippen LogP contribution in [0.1, 0.15) is 367 Å². The Kier molecular flexibility index (Phi) is 66.6. The van der Waals surface area contributed by atoms with Gasteiger partial charge in [-0.15, -0.1) is 0 Å². The van der Waals surface area contributed by atoms with Crippen LogP contribution in [0, 0.1) is 0 Å². The van der Waals surface area contributed by atoms with Crippen molar-refractivity contribution >= 4 is 17.9 Å². The minimum absolute atomic E-state index is 0.0830. The number of unbranched alkanes of at least 4 members (excludes halogenated alkanes) is 42. The minimum atomic E-state index is -0.790. The van der Waals surface area contributed by atoms with Crippen molar-refractivity contribution in [1.82, 2.24) is 0 Å². The second-order valence-electron chi connectivity index (χ2n) is 23.8. The number of hydrogen-bond acceptors (Lipinski definition) is 6. The van der Waals surface area contributed by atoms with Gasteiger partial charge in [0, 0.05) is 19.3 Å². The lowest BCUT2D eigenvalue weighted by atomic mass is 10.0. The van der Waals surface area contributed by atoms with Gasteiger partial charge >= 0.3 is 17.9 Å². The molecule has 0 bridgehead atoms. The lowest BCUT2D eigenvalue weighted by molar-refractivity contribution is -0.167. The first-order valence-corrected chi connectivity index (χ1v) is 35.4. The smallest absolute Gasteiger partial charge is 0.306 e. The molecule has 0 amide bonds. The van der Waals surface area contributed by atoms with Gasteiger partial charge in [0.25, 0.3) is 0 Å². The lowest BCUT2D eigenvalue weighted by Crippen LogP contribution is -2.30. The number of carbonyl (C=O) groups excluding carboxylic acids is 3. The van der Waals surface area contributed by atoms with Crippen LogP contribution in [0.4, 0.5) is 0 Å². The van der Waals surface area contributed by atoms with E-state index in [1.807, 2.05) is 0 Å². The zero-order valence-electron chi connectivity index (χ0n) is 54.1. The van der Waals surface area contributed by atoms with Gasteiger partial charge in [-0.3, -0.25) is 14.4 Å². The van der Waals surface area contributed by atoms with E-state index in [2.05, 4.69) is 93.7 Å². The molecule has 0 aliphatic heterocycles. The third kappa shape index (κ3) is 67.5. The Morgan fingerprint density at radius 3 is 0.790 bits per heavy atom. The summed E-state index contributed by atoms with van der Waals surface area (Å²) in [5.74, 6) is -0.893. The van der Waals surface area contributed by atoms with Crippen molar-refractivity contribution in [3.63, 3.8) is 0 Å². The van der Waals surface area contributed by atoms with Crippen molar-refractivity contribution in [2.24, 2.45) is 0 Å². The molecule has 81 heavy (non-hydrogen) atoms. The molecule has 0 aromatic carbocycles. The quantitative estimate of drug-likeness (QED) is 0.0261. The topological polar surface area (TPSA) is 78.9 Å². The third-order valence-electron chi connectivity index (χ3n) is 15.7. The van der Waals surface area contributed by atoms with Crippen molar-refractivity contribution in [2.75, 3.05) is 13.2 Å². The number of ether oxygens (including phenoxy) is 3. The molecule has 0 spiro atoms. The van der Waals surface area contributed by atoms with Gasteiger partial charge in [-0.05, 0) is 83.5 Å². The van der Waals surface area contributed by atoms with Gasteiger partial charge in [-0.25, -0.2) is 0 Å². The van der Waals surface area contributed by atoms with Crippen molar-refractivity contribution in [1.29, 1.82) is 0 Å². The van der Waals surface area contributed by atoms with E-state index in [9.17, 15) is 14.4 Å². The van der Waals surface area contributed by atoms with Crippen LogP contribution in [0.15, 0.2) is 72.9 Å². The highest BCUT2D eigenvalue weighted by molar-refractivity contribution is 5.71. The van der Waals surface area contributed by atoms with Crippen LogP contribution in [0.5, 0.6) is 0 Å². The second kappa shape index (κ2) is 69.3. The Morgan fingerprint density at radius 1 is 0.259 bits per heavy atom. The molecule has 470 valence electrons. The Balaban J connectivity index is 4.22. The Morgan fingerprint density at radius 2 is 0.494 bits per heavy atom. The van der Waals surface area contributed by atoms with Crippen molar-refractivity contribution in [3.8, 4) is 0 Å². The number of esters is 3. The summed E-state index contributed by atoms with van der Waals surface area (Å²) in [4.78, 5) is 38.4. The summed E-state index contributed by atoms with van der Waals surface area (Å²) >= 11 is 0. The van der Waals surface area contributed by atoms with Crippen LogP contribution in [-0.4, -0.2) is 37.2 Å². The zero-order chi connectivity index (χ0) is 58.5. The van der Waals surface area contributed by atoms with E-state index >= 15 is 0 Å². The SMILES string of the molecule is CC/C=C\C/C=C\C/C=C\C/C=C\CCCCCCCCC(=O)OC(COC(=O)CCCCCCC/C=C\C/C=C\CCCC)COC(=O)CCCCCCCCCCCCCCCCCCCCCCCCCCCCCCCC. The lowest BCUT2D eigenvalue weighted by Gasteiger charge is -2.18. The summed E-state index contributed by atoms with van der Waals surface area (Å²) in [5, 5.41) is 0. The molecule has 0 saturated carbocycles. The van der Waals surface area contributed by atoms with Crippen LogP contribution in [-0.2, 0) is 28.6 Å². The Hall–Kier alpha value is -3.15. The predicted molar refractivity (Wildman–Crippen MR) is 353 cm³/mol. The fraction of sp³-hybridized carbons (Fsp3) is 0.800. The molecule has 0 aromatic heterocycles. The van der Waals surface area contributed by atoms with E-state index in [0.29, 0.717) is 19.3 Å². The van der Waals surface area contributed by atoms with Crippen molar-refractivity contribution in [3.05, 3.63) is 72.9 Å². The maximum Gasteiger partial charge on any atom is 0.306 e.